The van der Waals surface area contributed by atoms with Gasteiger partial charge < -0.3 is 5.32 Å². The number of nitrogens with one attached hydrogen (secondary N) is 1. The number of carbonyl (C=O) groups is 1. The average Bonchev–Trinajstić information content (AvgIpc) is 3.18. The Hall–Kier alpha value is -3.21. The minimum Gasteiger partial charge on any atom is -0.323 e. The first-order valence-electron chi connectivity index (χ1n) is 7.44. The van der Waals surface area contributed by atoms with Gasteiger partial charge in [0.15, 0.2) is 5.78 Å². The molecular formula is C18H12N4O. The van der Waals surface area contributed by atoms with Crippen molar-refractivity contribution in [2.75, 3.05) is 5.32 Å². The third kappa shape index (κ3) is 1.59. The first kappa shape index (κ1) is 12.3. The molecule has 5 rings (SSSR count). The Balaban J connectivity index is 1.79. The molecule has 1 aliphatic heterocycles. The Morgan fingerprint density at radius 1 is 0.957 bits per heavy atom. The lowest BCUT2D eigenvalue weighted by molar-refractivity contribution is 0.102. The van der Waals surface area contributed by atoms with Gasteiger partial charge in [0.25, 0.3) is 0 Å². The predicted octanol–water partition coefficient (Wildman–Crippen LogP) is 2.90. The number of Topliss-reactive ketones (excluding diaryl/α,β-unsaturated/α-hetero) is 1. The summed E-state index contributed by atoms with van der Waals surface area (Å²) in [5, 5.41) is 7.60. The smallest absolute Gasteiger partial charge is 0.226 e. The molecule has 0 amide bonds. The standard InChI is InChI=1S/C18H12N4O/c23-17-13-9-5-4-8-12(13)15-14(17)16(11-6-2-1-3-7-11)22-18(21-15)19-10-20-22/h1-10,16H,(H,19,20,21). The number of rotatable bonds is 1. The molecule has 0 saturated carbocycles. The Labute approximate surface area is 132 Å². The second kappa shape index (κ2) is 4.39. The Bertz CT molecular complexity index is 971. The number of hydrogen-bond acceptors (Lipinski definition) is 4. The highest BCUT2D eigenvalue weighted by Gasteiger charge is 2.40. The van der Waals surface area contributed by atoms with Crippen LogP contribution in [-0.4, -0.2) is 20.5 Å². The van der Waals surface area contributed by atoms with Crippen molar-refractivity contribution in [2.45, 2.75) is 6.04 Å². The number of ketones is 1. The molecule has 110 valence electrons. The number of benzene rings is 2. The largest absolute Gasteiger partial charge is 0.323 e. The fourth-order valence-corrected chi connectivity index (χ4v) is 3.40. The van der Waals surface area contributed by atoms with Crippen LogP contribution in [0, 0.1) is 0 Å². The highest BCUT2D eigenvalue weighted by atomic mass is 16.1. The lowest BCUT2D eigenvalue weighted by atomic mass is 9.94. The van der Waals surface area contributed by atoms with Gasteiger partial charge in [0.1, 0.15) is 12.4 Å². The molecule has 0 saturated heterocycles. The van der Waals surface area contributed by atoms with Crippen molar-refractivity contribution in [3.63, 3.8) is 0 Å². The van der Waals surface area contributed by atoms with Crippen LogP contribution in [0.5, 0.6) is 0 Å². The number of allylic oxidation sites excluding steroid dienone is 1. The monoisotopic (exact) mass is 300 g/mol. The second-order valence-electron chi connectivity index (χ2n) is 5.63. The summed E-state index contributed by atoms with van der Waals surface area (Å²) < 4.78 is 1.78. The van der Waals surface area contributed by atoms with Crippen molar-refractivity contribution in [1.82, 2.24) is 14.8 Å². The van der Waals surface area contributed by atoms with Crippen molar-refractivity contribution >= 4 is 17.4 Å². The van der Waals surface area contributed by atoms with E-state index in [9.17, 15) is 4.79 Å². The van der Waals surface area contributed by atoms with Crippen LogP contribution in [0.2, 0.25) is 0 Å². The molecule has 0 bridgehead atoms. The van der Waals surface area contributed by atoms with Crippen molar-refractivity contribution < 1.29 is 4.79 Å². The van der Waals surface area contributed by atoms with Gasteiger partial charge in [0.2, 0.25) is 5.95 Å². The number of fused-ring (bicyclic) bond motifs is 3. The SMILES string of the molecule is O=C1C2=C(Nc3ncnn3C2c2ccccc2)c2ccccc21. The molecule has 1 aliphatic carbocycles. The molecule has 1 unspecified atom stereocenters. The number of anilines is 1. The van der Waals surface area contributed by atoms with E-state index in [1.54, 1.807) is 4.68 Å². The number of aromatic nitrogens is 3. The number of nitrogens with zero attached hydrogens (tertiary/aromatic N) is 3. The van der Waals surface area contributed by atoms with Crippen molar-refractivity contribution in [3.8, 4) is 0 Å². The zero-order valence-electron chi connectivity index (χ0n) is 12.1. The summed E-state index contributed by atoms with van der Waals surface area (Å²) in [6.45, 7) is 0. The van der Waals surface area contributed by atoms with E-state index in [4.69, 9.17) is 0 Å². The van der Waals surface area contributed by atoms with Gasteiger partial charge in [-0.2, -0.15) is 10.1 Å². The molecule has 2 aromatic carbocycles. The van der Waals surface area contributed by atoms with E-state index in [0.29, 0.717) is 5.95 Å². The van der Waals surface area contributed by atoms with E-state index in [-0.39, 0.29) is 11.8 Å². The molecule has 5 nitrogen and oxygen atoms in total. The van der Waals surface area contributed by atoms with Gasteiger partial charge in [-0.3, -0.25) is 4.79 Å². The highest BCUT2D eigenvalue weighted by Crippen LogP contribution is 2.44. The van der Waals surface area contributed by atoms with E-state index in [2.05, 4.69) is 15.4 Å². The molecule has 23 heavy (non-hydrogen) atoms. The van der Waals surface area contributed by atoms with E-state index >= 15 is 0 Å². The summed E-state index contributed by atoms with van der Waals surface area (Å²) >= 11 is 0. The average molecular weight is 300 g/mol. The van der Waals surface area contributed by atoms with Crippen LogP contribution in [0.25, 0.3) is 5.70 Å². The van der Waals surface area contributed by atoms with Crippen LogP contribution in [0.15, 0.2) is 66.5 Å². The maximum atomic E-state index is 13.0. The van der Waals surface area contributed by atoms with Crippen molar-refractivity contribution in [3.05, 3.63) is 83.2 Å². The van der Waals surface area contributed by atoms with Crippen LogP contribution < -0.4 is 5.32 Å². The third-order valence-electron chi connectivity index (χ3n) is 4.40. The fourth-order valence-electron chi connectivity index (χ4n) is 3.40. The van der Waals surface area contributed by atoms with Crippen LogP contribution in [0.4, 0.5) is 5.95 Å². The summed E-state index contributed by atoms with van der Waals surface area (Å²) in [6, 6.07) is 17.4. The van der Waals surface area contributed by atoms with Gasteiger partial charge >= 0.3 is 0 Å². The van der Waals surface area contributed by atoms with Crippen LogP contribution in [0.3, 0.4) is 0 Å². The molecule has 0 radical (unpaired) electrons. The summed E-state index contributed by atoms with van der Waals surface area (Å²) in [4.78, 5) is 17.3. The normalized spacial score (nSPS) is 18.3. The fraction of sp³-hybridized carbons (Fsp3) is 0.0556. The Morgan fingerprint density at radius 2 is 1.70 bits per heavy atom. The first-order chi connectivity index (χ1) is 11.3. The first-order valence-corrected chi connectivity index (χ1v) is 7.44. The second-order valence-corrected chi connectivity index (χ2v) is 5.63. The van der Waals surface area contributed by atoms with E-state index in [0.717, 1.165) is 28.0 Å². The van der Waals surface area contributed by atoms with Gasteiger partial charge in [-0.05, 0) is 5.56 Å². The number of hydrogen-bond donors (Lipinski definition) is 1. The Morgan fingerprint density at radius 3 is 2.52 bits per heavy atom. The van der Waals surface area contributed by atoms with Gasteiger partial charge in [0, 0.05) is 11.1 Å². The molecule has 1 aromatic heterocycles. The summed E-state index contributed by atoms with van der Waals surface area (Å²) in [7, 11) is 0. The topological polar surface area (TPSA) is 59.8 Å². The van der Waals surface area contributed by atoms with Crippen molar-refractivity contribution in [1.29, 1.82) is 0 Å². The molecule has 0 fully saturated rings. The summed E-state index contributed by atoms with van der Waals surface area (Å²) in [5.41, 5.74) is 4.27. The number of carbonyl (C=O) groups excluding carboxylic acids is 1. The molecule has 5 heteroatoms. The van der Waals surface area contributed by atoms with Crippen LogP contribution >= 0.6 is 0 Å². The van der Waals surface area contributed by atoms with E-state index in [1.807, 2.05) is 54.6 Å². The summed E-state index contributed by atoms with van der Waals surface area (Å²) in [5.74, 6) is 0.709. The van der Waals surface area contributed by atoms with Crippen LogP contribution in [0.1, 0.15) is 27.5 Å². The van der Waals surface area contributed by atoms with Gasteiger partial charge in [-0.25, -0.2) is 4.68 Å². The maximum absolute atomic E-state index is 13.0. The molecule has 2 aliphatic rings. The zero-order valence-corrected chi connectivity index (χ0v) is 12.1. The zero-order chi connectivity index (χ0) is 15.4. The van der Waals surface area contributed by atoms with Gasteiger partial charge in [-0.15, -0.1) is 0 Å². The van der Waals surface area contributed by atoms with E-state index < -0.39 is 0 Å². The molecule has 1 N–H and O–H groups in total. The molecule has 1 atom stereocenters. The molecule has 0 spiro atoms. The minimum atomic E-state index is -0.259. The quantitative estimate of drug-likeness (QED) is 0.750. The lowest BCUT2D eigenvalue weighted by Crippen LogP contribution is -2.25. The molecule has 3 aromatic rings. The van der Waals surface area contributed by atoms with Crippen LogP contribution in [-0.2, 0) is 0 Å². The Kier molecular flexibility index (Phi) is 2.36. The third-order valence-corrected chi connectivity index (χ3v) is 4.40. The van der Waals surface area contributed by atoms with Gasteiger partial charge in [-0.1, -0.05) is 54.6 Å². The van der Waals surface area contributed by atoms with E-state index in [1.165, 1.54) is 6.33 Å². The van der Waals surface area contributed by atoms with Gasteiger partial charge in [0.05, 0.1) is 11.3 Å². The minimum absolute atomic E-state index is 0.0538. The molecular weight excluding hydrogens is 288 g/mol. The molecule has 2 heterocycles. The lowest BCUT2D eigenvalue weighted by Gasteiger charge is -2.26. The van der Waals surface area contributed by atoms with Crippen molar-refractivity contribution in [2.24, 2.45) is 0 Å². The maximum Gasteiger partial charge on any atom is 0.226 e. The highest BCUT2D eigenvalue weighted by molar-refractivity contribution is 6.23. The predicted molar refractivity (Wildman–Crippen MR) is 85.9 cm³/mol. The summed E-state index contributed by atoms with van der Waals surface area (Å²) in [6.07, 6.45) is 1.51.